The van der Waals surface area contributed by atoms with Crippen LogP contribution in [0.3, 0.4) is 0 Å². The molecule has 164 valence electrons. The first-order valence-corrected chi connectivity index (χ1v) is 10.7. The van der Waals surface area contributed by atoms with Crippen LogP contribution in [0, 0.1) is 11.7 Å². The maximum atomic E-state index is 13.4. The van der Waals surface area contributed by atoms with Crippen molar-refractivity contribution in [2.45, 2.75) is 51.9 Å². The number of rotatable bonds is 4. The minimum Gasteiger partial charge on any atom is -0.460 e. The highest BCUT2D eigenvalue weighted by molar-refractivity contribution is 5.79. The van der Waals surface area contributed by atoms with Crippen molar-refractivity contribution in [2.75, 3.05) is 11.4 Å². The van der Waals surface area contributed by atoms with Crippen molar-refractivity contribution in [3.05, 3.63) is 59.9 Å². The second kappa shape index (κ2) is 8.30. The molecule has 7 heteroatoms. The third kappa shape index (κ3) is 4.71. The molecule has 0 radical (unpaired) electrons. The molecule has 3 aromatic rings. The van der Waals surface area contributed by atoms with Crippen LogP contribution in [0.1, 0.15) is 39.2 Å². The van der Waals surface area contributed by atoms with E-state index < -0.39 is 5.60 Å². The van der Waals surface area contributed by atoms with E-state index in [1.54, 1.807) is 12.1 Å². The molecule has 1 aromatic heterocycles. The number of para-hydroxylation sites is 2. The fourth-order valence-corrected chi connectivity index (χ4v) is 4.06. The second-order valence-electron chi connectivity index (χ2n) is 9.13. The lowest BCUT2D eigenvalue weighted by Crippen LogP contribution is -2.51. The molecule has 6 nitrogen and oxygen atoms in total. The highest BCUT2D eigenvalue weighted by Gasteiger charge is 2.35. The van der Waals surface area contributed by atoms with Crippen LogP contribution in [0.2, 0.25) is 0 Å². The van der Waals surface area contributed by atoms with Gasteiger partial charge in [0.15, 0.2) is 0 Å². The van der Waals surface area contributed by atoms with Crippen molar-refractivity contribution in [1.82, 2.24) is 9.55 Å². The summed E-state index contributed by atoms with van der Waals surface area (Å²) in [4.78, 5) is 19.4. The number of imidazole rings is 1. The smallest absolute Gasteiger partial charge is 0.309 e. The van der Waals surface area contributed by atoms with Crippen LogP contribution in [0.4, 0.5) is 10.3 Å². The number of hydrogen-bond donors (Lipinski definition) is 1. The number of nitrogens with zero attached hydrogens (tertiary/aromatic N) is 3. The molecule has 0 aliphatic carbocycles. The molecule has 1 fully saturated rings. The van der Waals surface area contributed by atoms with Gasteiger partial charge in [-0.25, -0.2) is 9.37 Å². The molecule has 0 spiro atoms. The van der Waals surface area contributed by atoms with Crippen molar-refractivity contribution in [2.24, 2.45) is 11.7 Å². The lowest BCUT2D eigenvalue weighted by molar-refractivity contribution is -0.161. The van der Waals surface area contributed by atoms with E-state index in [2.05, 4.69) is 9.47 Å². The van der Waals surface area contributed by atoms with Gasteiger partial charge in [-0.1, -0.05) is 24.3 Å². The standard InChI is InChI=1S/C24H29FN4O2/c1-24(2,3)31-22(30)17-12-13-28(21(26)14-17)23-27-19-6-4-5-7-20(19)29(23)15-16-8-10-18(25)11-9-16/h4-11,17,21H,12-15,26H2,1-3H3/t17-,21+/m0/s1. The number of nitrogens with two attached hydrogens (primary N) is 1. The molecular weight excluding hydrogens is 395 g/mol. The normalized spacial score (nSPS) is 19.6. The number of carbonyl (C=O) groups excluding carboxylic acids is 1. The zero-order chi connectivity index (χ0) is 22.2. The molecule has 2 heterocycles. The Morgan fingerprint density at radius 3 is 2.58 bits per heavy atom. The Hall–Kier alpha value is -2.93. The van der Waals surface area contributed by atoms with Crippen LogP contribution in [0.5, 0.6) is 0 Å². The fourth-order valence-electron chi connectivity index (χ4n) is 4.06. The molecule has 2 N–H and O–H groups in total. The van der Waals surface area contributed by atoms with Crippen LogP contribution in [-0.4, -0.2) is 33.8 Å². The summed E-state index contributed by atoms with van der Waals surface area (Å²) >= 11 is 0. The SMILES string of the molecule is CC(C)(C)OC(=O)[C@H]1CCN(c2nc3ccccc3n2Cc2ccc(F)cc2)[C@@H](N)C1. The van der Waals surface area contributed by atoms with E-state index >= 15 is 0 Å². The lowest BCUT2D eigenvalue weighted by Gasteiger charge is -2.38. The number of esters is 1. The first-order chi connectivity index (χ1) is 14.7. The van der Waals surface area contributed by atoms with Crippen molar-refractivity contribution >= 4 is 23.0 Å². The third-order valence-corrected chi connectivity index (χ3v) is 5.53. The molecule has 2 aromatic carbocycles. The van der Waals surface area contributed by atoms with Gasteiger partial charge < -0.3 is 19.9 Å². The first kappa shape index (κ1) is 21.3. The molecule has 31 heavy (non-hydrogen) atoms. The average molecular weight is 425 g/mol. The molecule has 4 rings (SSSR count). The van der Waals surface area contributed by atoms with Gasteiger partial charge in [-0.3, -0.25) is 4.79 Å². The first-order valence-electron chi connectivity index (χ1n) is 10.7. The molecule has 1 aliphatic rings. The van der Waals surface area contributed by atoms with Crippen LogP contribution in [-0.2, 0) is 16.1 Å². The number of carbonyl (C=O) groups is 1. The van der Waals surface area contributed by atoms with Crippen molar-refractivity contribution in [3.63, 3.8) is 0 Å². The Labute approximate surface area is 181 Å². The number of benzene rings is 2. The quantitative estimate of drug-likeness (QED) is 0.639. The summed E-state index contributed by atoms with van der Waals surface area (Å²) in [5, 5.41) is 0. The Kier molecular flexibility index (Phi) is 5.71. The second-order valence-corrected chi connectivity index (χ2v) is 9.13. The largest absolute Gasteiger partial charge is 0.460 e. The van der Waals surface area contributed by atoms with Crippen LogP contribution in [0.15, 0.2) is 48.5 Å². The topological polar surface area (TPSA) is 73.4 Å². The van der Waals surface area contributed by atoms with Gasteiger partial charge in [0.1, 0.15) is 11.4 Å². The molecule has 1 saturated heterocycles. The van der Waals surface area contributed by atoms with E-state index in [0.717, 1.165) is 22.5 Å². The van der Waals surface area contributed by atoms with Gasteiger partial charge in [-0.15, -0.1) is 0 Å². The van der Waals surface area contributed by atoms with Crippen molar-refractivity contribution < 1.29 is 13.9 Å². The zero-order valence-corrected chi connectivity index (χ0v) is 18.2. The number of hydrogen-bond acceptors (Lipinski definition) is 5. The summed E-state index contributed by atoms with van der Waals surface area (Å²) < 4.78 is 21.0. The Balaban J connectivity index is 1.61. The monoisotopic (exact) mass is 424 g/mol. The van der Waals surface area contributed by atoms with E-state index in [1.807, 2.05) is 45.0 Å². The number of ether oxygens (including phenoxy) is 1. The summed E-state index contributed by atoms with van der Waals surface area (Å²) in [6, 6.07) is 14.4. The lowest BCUT2D eigenvalue weighted by atomic mass is 9.94. The average Bonchev–Trinajstić information content (AvgIpc) is 3.06. The Morgan fingerprint density at radius 2 is 1.90 bits per heavy atom. The number of aromatic nitrogens is 2. The van der Waals surface area contributed by atoms with Gasteiger partial charge in [0, 0.05) is 6.54 Å². The Morgan fingerprint density at radius 1 is 1.19 bits per heavy atom. The highest BCUT2D eigenvalue weighted by atomic mass is 19.1. The van der Waals surface area contributed by atoms with Gasteiger partial charge in [0.2, 0.25) is 5.95 Å². The number of halogens is 1. The molecule has 0 saturated carbocycles. The Bertz CT molecular complexity index is 1070. The van der Waals surface area contributed by atoms with Crippen molar-refractivity contribution in [3.8, 4) is 0 Å². The minimum absolute atomic E-state index is 0.192. The fraction of sp³-hybridized carbons (Fsp3) is 0.417. The maximum Gasteiger partial charge on any atom is 0.309 e. The maximum absolute atomic E-state index is 13.4. The van der Waals surface area contributed by atoms with E-state index in [4.69, 9.17) is 15.5 Å². The summed E-state index contributed by atoms with van der Waals surface area (Å²) in [6.45, 7) is 6.78. The van der Waals surface area contributed by atoms with Gasteiger partial charge in [0.05, 0.1) is 29.7 Å². The molecule has 0 unspecified atom stereocenters. The van der Waals surface area contributed by atoms with Gasteiger partial charge >= 0.3 is 5.97 Å². The summed E-state index contributed by atoms with van der Waals surface area (Å²) in [5.41, 5.74) is 8.85. The summed E-state index contributed by atoms with van der Waals surface area (Å²) in [5.74, 6) is 0.0918. The van der Waals surface area contributed by atoms with E-state index in [1.165, 1.54) is 12.1 Å². The van der Waals surface area contributed by atoms with Gasteiger partial charge in [-0.05, 0) is 63.4 Å². The minimum atomic E-state index is -0.512. The molecule has 0 amide bonds. The van der Waals surface area contributed by atoms with Crippen LogP contribution < -0.4 is 10.6 Å². The van der Waals surface area contributed by atoms with Crippen molar-refractivity contribution in [1.29, 1.82) is 0 Å². The van der Waals surface area contributed by atoms with E-state index in [0.29, 0.717) is 25.9 Å². The molecule has 2 atom stereocenters. The summed E-state index contributed by atoms with van der Waals surface area (Å²) in [7, 11) is 0. The van der Waals surface area contributed by atoms with E-state index in [-0.39, 0.29) is 23.9 Å². The van der Waals surface area contributed by atoms with Gasteiger partial charge in [0.25, 0.3) is 0 Å². The number of piperidine rings is 1. The highest BCUT2D eigenvalue weighted by Crippen LogP contribution is 2.30. The van der Waals surface area contributed by atoms with Gasteiger partial charge in [-0.2, -0.15) is 0 Å². The molecule has 0 bridgehead atoms. The van der Waals surface area contributed by atoms with Crippen LogP contribution in [0.25, 0.3) is 11.0 Å². The number of anilines is 1. The molecule has 1 aliphatic heterocycles. The zero-order valence-electron chi connectivity index (χ0n) is 18.2. The number of fused-ring (bicyclic) bond motifs is 1. The summed E-state index contributed by atoms with van der Waals surface area (Å²) in [6.07, 6.45) is 0.812. The predicted octanol–water partition coefficient (Wildman–Crippen LogP) is 4.07. The van der Waals surface area contributed by atoms with E-state index in [9.17, 15) is 9.18 Å². The van der Waals surface area contributed by atoms with Crippen LogP contribution >= 0.6 is 0 Å². The third-order valence-electron chi connectivity index (χ3n) is 5.53. The predicted molar refractivity (Wildman–Crippen MR) is 119 cm³/mol. The molecular formula is C24H29FN4O2.